The fraction of sp³-hybridized carbons (Fsp3) is 0.150. The number of benzene rings is 3. The summed E-state index contributed by atoms with van der Waals surface area (Å²) in [4.78, 5) is 13.0. The zero-order valence-electron chi connectivity index (χ0n) is 13.8. The van der Waals surface area contributed by atoms with Crippen LogP contribution in [0.1, 0.15) is 12.5 Å². The summed E-state index contributed by atoms with van der Waals surface area (Å²) in [7, 11) is 1.68. The van der Waals surface area contributed by atoms with E-state index in [9.17, 15) is 18.0 Å². The van der Waals surface area contributed by atoms with Crippen molar-refractivity contribution in [2.24, 2.45) is 0 Å². The zero-order valence-corrected chi connectivity index (χ0v) is 13.8. The minimum absolute atomic E-state index is 0.0879. The molecule has 2 nitrogen and oxygen atoms in total. The number of halogens is 3. The van der Waals surface area contributed by atoms with Crippen LogP contribution in [0.3, 0.4) is 0 Å². The van der Waals surface area contributed by atoms with E-state index in [-0.39, 0.29) is 11.5 Å². The third-order valence-electron chi connectivity index (χ3n) is 4.23. The normalized spacial score (nSPS) is 11.6. The van der Waals surface area contributed by atoms with E-state index >= 15 is 0 Å². The van der Waals surface area contributed by atoms with Gasteiger partial charge >= 0.3 is 6.18 Å². The van der Waals surface area contributed by atoms with Gasteiger partial charge < -0.3 is 4.90 Å². The van der Waals surface area contributed by atoms with Crippen LogP contribution < -0.4 is 4.90 Å². The maximum Gasteiger partial charge on any atom is 0.417 e. The van der Waals surface area contributed by atoms with Crippen LogP contribution in [0.4, 0.5) is 18.9 Å². The van der Waals surface area contributed by atoms with Crippen LogP contribution in [0, 0.1) is 0 Å². The number of nitrogens with zero attached hydrogens (tertiary/aromatic N) is 1. The number of carbonyl (C=O) groups is 1. The molecule has 0 aliphatic heterocycles. The molecule has 0 atom stereocenters. The molecule has 3 aromatic rings. The lowest BCUT2D eigenvalue weighted by Crippen LogP contribution is -2.22. The molecule has 0 unspecified atom stereocenters. The Hall–Kier alpha value is -2.82. The van der Waals surface area contributed by atoms with E-state index in [2.05, 4.69) is 0 Å². The van der Waals surface area contributed by atoms with Gasteiger partial charge in [-0.3, -0.25) is 4.79 Å². The van der Waals surface area contributed by atoms with Crippen LogP contribution in [0.25, 0.3) is 21.9 Å². The minimum Gasteiger partial charge on any atom is -0.316 e. The highest BCUT2D eigenvalue weighted by Gasteiger charge is 2.33. The van der Waals surface area contributed by atoms with Crippen molar-refractivity contribution >= 4 is 22.4 Å². The quantitative estimate of drug-likeness (QED) is 0.601. The van der Waals surface area contributed by atoms with Gasteiger partial charge in [0.25, 0.3) is 0 Å². The van der Waals surface area contributed by atoms with E-state index in [0.29, 0.717) is 5.56 Å². The van der Waals surface area contributed by atoms with Gasteiger partial charge in [0.2, 0.25) is 5.91 Å². The SMILES string of the molecule is CC(=O)N(C)c1ccc2cc(-c3ccccc3C(F)(F)F)ccc2c1. The molecule has 25 heavy (non-hydrogen) atoms. The third-order valence-corrected chi connectivity index (χ3v) is 4.23. The van der Waals surface area contributed by atoms with Crippen molar-refractivity contribution in [2.75, 3.05) is 11.9 Å². The summed E-state index contributed by atoms with van der Waals surface area (Å²) in [6.07, 6.45) is -4.40. The van der Waals surface area contributed by atoms with E-state index in [0.717, 1.165) is 22.5 Å². The molecule has 0 saturated heterocycles. The fourth-order valence-electron chi connectivity index (χ4n) is 2.77. The van der Waals surface area contributed by atoms with Gasteiger partial charge in [-0.2, -0.15) is 13.2 Å². The molecule has 0 spiro atoms. The molecule has 0 saturated carbocycles. The summed E-state index contributed by atoms with van der Waals surface area (Å²) in [5.74, 6) is -0.0879. The van der Waals surface area contributed by atoms with E-state index in [4.69, 9.17) is 0 Å². The smallest absolute Gasteiger partial charge is 0.316 e. The van der Waals surface area contributed by atoms with Crippen LogP contribution in [-0.4, -0.2) is 13.0 Å². The Kier molecular flexibility index (Phi) is 4.25. The van der Waals surface area contributed by atoms with Gasteiger partial charge in [-0.15, -0.1) is 0 Å². The van der Waals surface area contributed by atoms with Gasteiger partial charge in [0.1, 0.15) is 0 Å². The second-order valence-electron chi connectivity index (χ2n) is 5.87. The van der Waals surface area contributed by atoms with Crippen LogP contribution >= 0.6 is 0 Å². The van der Waals surface area contributed by atoms with Crippen molar-refractivity contribution in [3.63, 3.8) is 0 Å². The number of fused-ring (bicyclic) bond motifs is 1. The molecule has 0 heterocycles. The average molecular weight is 343 g/mol. The number of alkyl halides is 3. The molecule has 0 aliphatic carbocycles. The molecule has 0 fully saturated rings. The third kappa shape index (κ3) is 3.36. The molecule has 0 bridgehead atoms. The summed E-state index contributed by atoms with van der Waals surface area (Å²) >= 11 is 0. The van der Waals surface area contributed by atoms with Gasteiger partial charge in [-0.25, -0.2) is 0 Å². The van der Waals surface area contributed by atoms with Crippen molar-refractivity contribution < 1.29 is 18.0 Å². The monoisotopic (exact) mass is 343 g/mol. The maximum atomic E-state index is 13.2. The van der Waals surface area contributed by atoms with Crippen LogP contribution in [0.15, 0.2) is 60.7 Å². The summed E-state index contributed by atoms with van der Waals surface area (Å²) < 4.78 is 39.7. The second-order valence-corrected chi connectivity index (χ2v) is 5.87. The first-order valence-corrected chi connectivity index (χ1v) is 7.72. The largest absolute Gasteiger partial charge is 0.417 e. The maximum absolute atomic E-state index is 13.2. The summed E-state index contributed by atoms with van der Waals surface area (Å²) in [5, 5.41) is 1.68. The molecule has 3 aromatic carbocycles. The Balaban J connectivity index is 2.09. The minimum atomic E-state index is -4.40. The van der Waals surface area contributed by atoms with E-state index in [1.54, 1.807) is 37.4 Å². The molecule has 1 amide bonds. The molecular weight excluding hydrogens is 327 g/mol. The van der Waals surface area contributed by atoms with E-state index in [1.165, 1.54) is 24.0 Å². The first kappa shape index (κ1) is 17.0. The Morgan fingerprint density at radius 2 is 1.56 bits per heavy atom. The summed E-state index contributed by atoms with van der Waals surface area (Å²) in [6.45, 7) is 1.47. The molecule has 128 valence electrons. The average Bonchev–Trinajstić information content (AvgIpc) is 2.59. The Labute approximate surface area is 143 Å². The van der Waals surface area contributed by atoms with E-state index < -0.39 is 11.7 Å². The first-order valence-electron chi connectivity index (χ1n) is 7.72. The highest BCUT2D eigenvalue weighted by Crippen LogP contribution is 2.37. The van der Waals surface area contributed by atoms with Crippen molar-refractivity contribution in [3.05, 3.63) is 66.2 Å². The molecular formula is C20H16F3NO. The Bertz CT molecular complexity index is 947. The lowest BCUT2D eigenvalue weighted by Gasteiger charge is -2.16. The summed E-state index contributed by atoms with van der Waals surface area (Å²) in [5.41, 5.74) is 0.751. The van der Waals surface area contributed by atoms with Gasteiger partial charge in [0, 0.05) is 19.7 Å². The van der Waals surface area contributed by atoms with Crippen molar-refractivity contribution in [3.8, 4) is 11.1 Å². The molecule has 0 aromatic heterocycles. The van der Waals surface area contributed by atoms with Crippen molar-refractivity contribution in [1.82, 2.24) is 0 Å². The molecule has 3 rings (SSSR count). The lowest BCUT2D eigenvalue weighted by atomic mass is 9.96. The second kappa shape index (κ2) is 6.24. The predicted molar refractivity (Wildman–Crippen MR) is 93.5 cm³/mol. The Morgan fingerprint density at radius 1 is 0.920 bits per heavy atom. The van der Waals surface area contributed by atoms with Crippen molar-refractivity contribution in [1.29, 1.82) is 0 Å². The highest BCUT2D eigenvalue weighted by molar-refractivity contribution is 5.96. The first-order chi connectivity index (χ1) is 11.8. The Morgan fingerprint density at radius 3 is 2.24 bits per heavy atom. The number of hydrogen-bond acceptors (Lipinski definition) is 1. The highest BCUT2D eigenvalue weighted by atomic mass is 19.4. The van der Waals surface area contributed by atoms with Crippen molar-refractivity contribution in [2.45, 2.75) is 13.1 Å². The van der Waals surface area contributed by atoms with Gasteiger partial charge in [-0.1, -0.05) is 36.4 Å². The number of rotatable bonds is 2. The van der Waals surface area contributed by atoms with Gasteiger partial charge in [0.15, 0.2) is 0 Å². The van der Waals surface area contributed by atoms with Crippen LogP contribution in [0.2, 0.25) is 0 Å². The molecule has 5 heteroatoms. The van der Waals surface area contributed by atoms with Gasteiger partial charge in [0.05, 0.1) is 5.56 Å². The number of amides is 1. The molecule has 0 aliphatic rings. The van der Waals surface area contributed by atoms with Crippen LogP contribution in [-0.2, 0) is 11.0 Å². The topological polar surface area (TPSA) is 20.3 Å². The number of anilines is 1. The van der Waals surface area contributed by atoms with E-state index in [1.807, 2.05) is 12.1 Å². The zero-order chi connectivity index (χ0) is 18.2. The fourth-order valence-corrected chi connectivity index (χ4v) is 2.77. The molecule has 0 N–H and O–H groups in total. The summed E-state index contributed by atoms with van der Waals surface area (Å²) in [6, 6.07) is 16.2. The molecule has 0 radical (unpaired) electrons. The predicted octanol–water partition coefficient (Wildman–Crippen LogP) is 5.51. The number of carbonyl (C=O) groups excluding carboxylic acids is 1. The lowest BCUT2D eigenvalue weighted by molar-refractivity contribution is -0.137. The van der Waals surface area contributed by atoms with Crippen LogP contribution in [0.5, 0.6) is 0 Å². The van der Waals surface area contributed by atoms with Gasteiger partial charge in [-0.05, 0) is 46.2 Å². The number of hydrogen-bond donors (Lipinski definition) is 0. The standard InChI is InChI=1S/C20H16F3NO/c1-13(25)24(2)17-10-9-14-11-16(8-7-15(14)12-17)18-5-3-4-6-19(18)20(21,22)23/h3-12H,1-2H3.